The maximum atomic E-state index is 6.20. The fourth-order valence-corrected chi connectivity index (χ4v) is 4.28. The number of ether oxygens (including phenoxy) is 2. The molecule has 1 aliphatic carbocycles. The number of aryl methyl sites for hydroxylation is 1. The summed E-state index contributed by atoms with van der Waals surface area (Å²) in [5, 5.41) is 12.1. The number of hydroxylamine groups is 1. The van der Waals surface area contributed by atoms with E-state index in [-0.39, 0.29) is 6.10 Å². The number of benzene rings is 1. The van der Waals surface area contributed by atoms with E-state index in [1.54, 1.807) is 0 Å². The summed E-state index contributed by atoms with van der Waals surface area (Å²) in [6.45, 7) is 5.22. The summed E-state index contributed by atoms with van der Waals surface area (Å²) in [5.41, 5.74) is 6.14. The summed E-state index contributed by atoms with van der Waals surface area (Å²) in [6, 6.07) is 10.3. The predicted molar refractivity (Wildman–Crippen MR) is 125 cm³/mol. The fourth-order valence-electron chi connectivity index (χ4n) is 4.28. The van der Waals surface area contributed by atoms with Gasteiger partial charge in [0.2, 0.25) is 0 Å². The Kier molecular flexibility index (Phi) is 8.71. The van der Waals surface area contributed by atoms with Crippen molar-refractivity contribution in [3.63, 3.8) is 0 Å². The number of rotatable bonds is 10. The van der Waals surface area contributed by atoms with Gasteiger partial charge in [-0.15, -0.1) is 5.10 Å². The van der Waals surface area contributed by atoms with Crippen LogP contribution >= 0.6 is 0 Å². The van der Waals surface area contributed by atoms with Crippen molar-refractivity contribution in [2.24, 2.45) is 0 Å². The first-order valence-corrected chi connectivity index (χ1v) is 12.2. The molecular formula is C25H36N4O3. The molecule has 0 amide bonds. The van der Waals surface area contributed by atoms with Crippen LogP contribution in [-0.2, 0) is 11.2 Å². The quantitative estimate of drug-likeness (QED) is 0.539. The van der Waals surface area contributed by atoms with Gasteiger partial charge in [0.25, 0.3) is 5.88 Å². The van der Waals surface area contributed by atoms with Gasteiger partial charge in [-0.1, -0.05) is 31.9 Å². The molecule has 1 saturated heterocycles. The fraction of sp³-hybridized carbons (Fsp3) is 0.600. The van der Waals surface area contributed by atoms with Crippen LogP contribution in [0.5, 0.6) is 11.6 Å². The largest absolute Gasteiger partial charge is 0.490 e. The lowest BCUT2D eigenvalue weighted by molar-refractivity contribution is 0.00941. The molecule has 1 aromatic carbocycles. The zero-order valence-corrected chi connectivity index (χ0v) is 19.1. The minimum atomic E-state index is 0.0942. The number of nitrogens with zero attached hydrogens (tertiary/aromatic N) is 2. The van der Waals surface area contributed by atoms with Crippen molar-refractivity contribution in [3.8, 4) is 22.8 Å². The Hall–Kier alpha value is -2.22. The topological polar surface area (TPSA) is 77.5 Å². The Labute approximate surface area is 191 Å². The van der Waals surface area contributed by atoms with Crippen molar-refractivity contribution in [2.45, 2.75) is 70.5 Å². The van der Waals surface area contributed by atoms with Gasteiger partial charge < -0.3 is 19.6 Å². The molecule has 32 heavy (non-hydrogen) atoms. The van der Waals surface area contributed by atoms with E-state index in [2.05, 4.69) is 52.2 Å². The van der Waals surface area contributed by atoms with Gasteiger partial charge in [-0.2, -0.15) is 10.6 Å². The lowest BCUT2D eigenvalue weighted by Gasteiger charge is -2.23. The summed E-state index contributed by atoms with van der Waals surface area (Å²) < 4.78 is 11.9. The zero-order chi connectivity index (χ0) is 22.0. The molecule has 2 heterocycles. The minimum Gasteiger partial charge on any atom is -0.490 e. The molecule has 1 aliphatic heterocycles. The summed E-state index contributed by atoms with van der Waals surface area (Å²) in [7, 11) is 0. The molecule has 0 radical (unpaired) electrons. The summed E-state index contributed by atoms with van der Waals surface area (Å²) in [6.07, 6.45) is 9.73. The monoisotopic (exact) mass is 440 g/mol. The SMILES string of the molecule is CCCCc1nnc(ONCC2CNCCO2)cc1-c1ccc(OC2CCCCC2)cc1. The third kappa shape index (κ3) is 6.64. The van der Waals surface area contributed by atoms with Crippen LogP contribution in [-0.4, -0.2) is 48.6 Å². The average Bonchev–Trinajstić information content (AvgIpc) is 2.85. The number of aromatic nitrogens is 2. The number of nitrogens with one attached hydrogen (secondary N) is 2. The number of hydrogen-bond acceptors (Lipinski definition) is 7. The highest BCUT2D eigenvalue weighted by molar-refractivity contribution is 5.67. The highest BCUT2D eigenvalue weighted by atomic mass is 16.7. The molecule has 2 fully saturated rings. The van der Waals surface area contributed by atoms with Crippen LogP contribution in [0.25, 0.3) is 11.1 Å². The van der Waals surface area contributed by atoms with Gasteiger partial charge in [0, 0.05) is 24.7 Å². The lowest BCUT2D eigenvalue weighted by atomic mass is 9.97. The molecule has 1 aromatic heterocycles. The zero-order valence-electron chi connectivity index (χ0n) is 19.1. The normalized spacial score (nSPS) is 19.6. The van der Waals surface area contributed by atoms with Crippen LogP contribution in [0, 0.1) is 0 Å². The summed E-state index contributed by atoms with van der Waals surface area (Å²) in [5.74, 6) is 1.41. The van der Waals surface area contributed by atoms with Crippen LogP contribution in [0.15, 0.2) is 30.3 Å². The highest BCUT2D eigenvalue weighted by Crippen LogP contribution is 2.29. The molecule has 7 nitrogen and oxygen atoms in total. The van der Waals surface area contributed by atoms with Crippen molar-refractivity contribution in [1.82, 2.24) is 21.0 Å². The van der Waals surface area contributed by atoms with E-state index >= 15 is 0 Å². The van der Waals surface area contributed by atoms with Gasteiger partial charge in [0.15, 0.2) is 0 Å². The minimum absolute atomic E-state index is 0.0942. The second kappa shape index (κ2) is 12.1. The van der Waals surface area contributed by atoms with E-state index in [1.807, 2.05) is 6.07 Å². The average molecular weight is 441 g/mol. The maximum absolute atomic E-state index is 6.20. The summed E-state index contributed by atoms with van der Waals surface area (Å²) in [4.78, 5) is 5.70. The third-order valence-electron chi connectivity index (χ3n) is 6.13. The first-order valence-electron chi connectivity index (χ1n) is 12.2. The molecule has 0 bridgehead atoms. The van der Waals surface area contributed by atoms with Crippen LogP contribution < -0.4 is 20.4 Å². The van der Waals surface area contributed by atoms with Gasteiger partial charge >= 0.3 is 0 Å². The van der Waals surface area contributed by atoms with Crippen molar-refractivity contribution in [1.29, 1.82) is 0 Å². The molecule has 7 heteroatoms. The van der Waals surface area contributed by atoms with Gasteiger partial charge in [0.05, 0.1) is 31.1 Å². The molecule has 174 valence electrons. The molecule has 2 N–H and O–H groups in total. The van der Waals surface area contributed by atoms with Crippen LogP contribution in [0.2, 0.25) is 0 Å². The Bertz CT molecular complexity index is 818. The van der Waals surface area contributed by atoms with Gasteiger partial charge in [-0.25, -0.2) is 0 Å². The maximum Gasteiger partial charge on any atom is 0.257 e. The molecule has 4 rings (SSSR count). The van der Waals surface area contributed by atoms with Crippen LogP contribution in [0.4, 0.5) is 0 Å². The van der Waals surface area contributed by atoms with E-state index in [0.29, 0.717) is 18.5 Å². The Morgan fingerprint density at radius 2 is 1.97 bits per heavy atom. The molecule has 1 unspecified atom stereocenters. The Balaban J connectivity index is 1.42. The molecule has 0 spiro atoms. The first kappa shape index (κ1) is 23.0. The standard InChI is InChI=1S/C25H36N4O3/c1-2-3-9-24-23(16-25(29-28-24)32-27-18-22-17-26-14-15-30-22)19-10-12-21(13-11-19)31-20-7-5-4-6-8-20/h10-13,16,20,22,26-27H,2-9,14-15,17-18H2,1H3. The Morgan fingerprint density at radius 3 is 2.72 bits per heavy atom. The highest BCUT2D eigenvalue weighted by Gasteiger charge is 2.16. The van der Waals surface area contributed by atoms with Crippen molar-refractivity contribution < 1.29 is 14.3 Å². The van der Waals surface area contributed by atoms with E-state index in [0.717, 1.165) is 74.4 Å². The number of unbranched alkanes of at least 4 members (excludes halogenated alkanes) is 1. The smallest absolute Gasteiger partial charge is 0.257 e. The van der Waals surface area contributed by atoms with Gasteiger partial charge in [0.1, 0.15) is 5.75 Å². The molecular weight excluding hydrogens is 404 g/mol. The van der Waals surface area contributed by atoms with E-state index in [4.69, 9.17) is 14.3 Å². The Morgan fingerprint density at radius 1 is 1.12 bits per heavy atom. The number of hydrogen-bond donors (Lipinski definition) is 2. The molecule has 2 aliphatic rings. The third-order valence-corrected chi connectivity index (χ3v) is 6.13. The summed E-state index contributed by atoms with van der Waals surface area (Å²) >= 11 is 0. The molecule has 1 saturated carbocycles. The van der Waals surface area contributed by atoms with Crippen molar-refractivity contribution in [3.05, 3.63) is 36.0 Å². The van der Waals surface area contributed by atoms with Crippen LogP contribution in [0.3, 0.4) is 0 Å². The molecule has 1 atom stereocenters. The lowest BCUT2D eigenvalue weighted by Crippen LogP contribution is -2.44. The first-order chi connectivity index (χ1) is 15.8. The molecule has 2 aromatic rings. The number of morpholine rings is 1. The van der Waals surface area contributed by atoms with E-state index < -0.39 is 0 Å². The van der Waals surface area contributed by atoms with E-state index in [9.17, 15) is 0 Å². The second-order valence-corrected chi connectivity index (χ2v) is 8.70. The van der Waals surface area contributed by atoms with Gasteiger partial charge in [-0.05, 0) is 56.2 Å². The predicted octanol–water partition coefficient (Wildman–Crippen LogP) is 4.07. The van der Waals surface area contributed by atoms with Crippen LogP contribution in [0.1, 0.15) is 57.6 Å². The van der Waals surface area contributed by atoms with Crippen molar-refractivity contribution in [2.75, 3.05) is 26.2 Å². The van der Waals surface area contributed by atoms with E-state index in [1.165, 1.54) is 19.3 Å². The van der Waals surface area contributed by atoms with Crippen molar-refractivity contribution >= 4 is 0 Å². The van der Waals surface area contributed by atoms with Gasteiger partial charge in [-0.3, -0.25) is 0 Å². The second-order valence-electron chi connectivity index (χ2n) is 8.70.